The van der Waals surface area contributed by atoms with Crippen molar-refractivity contribution < 1.29 is 14.7 Å². The zero-order valence-electron chi connectivity index (χ0n) is 10.3. The number of hydrogen-bond acceptors (Lipinski definition) is 3. The van der Waals surface area contributed by atoms with Crippen molar-refractivity contribution in [2.75, 3.05) is 13.1 Å². The first-order valence-electron chi connectivity index (χ1n) is 5.41. The zero-order chi connectivity index (χ0) is 12.8. The van der Waals surface area contributed by atoms with E-state index in [4.69, 9.17) is 4.79 Å². The number of aliphatic hydroxyl groups excluding tert-OH is 1. The molecule has 2 amide bonds. The fraction of sp³-hybridized carbons (Fsp3) is 0.818. The highest BCUT2D eigenvalue weighted by Gasteiger charge is 2.27. The second-order valence-electron chi connectivity index (χ2n) is 5.16. The van der Waals surface area contributed by atoms with Crippen LogP contribution in [0.15, 0.2) is 0 Å². The second-order valence-corrected chi connectivity index (χ2v) is 5.16. The number of carbonyl (C=O) groups excluding carboxylic acids is 2. The highest BCUT2D eigenvalue weighted by atomic mass is 16.3. The van der Waals surface area contributed by atoms with Gasteiger partial charge in [0.2, 0.25) is 12.3 Å². The van der Waals surface area contributed by atoms with Crippen LogP contribution in [0.1, 0.15) is 33.6 Å². The number of rotatable bonds is 1. The van der Waals surface area contributed by atoms with E-state index in [1.54, 1.807) is 4.90 Å². The lowest BCUT2D eigenvalue weighted by atomic mass is 9.92. The van der Waals surface area contributed by atoms with E-state index < -0.39 is 0 Å². The Balaban J connectivity index is 0.000000673. The topological polar surface area (TPSA) is 83.6 Å². The maximum atomic E-state index is 11.6. The van der Waals surface area contributed by atoms with E-state index in [0.717, 1.165) is 13.0 Å². The summed E-state index contributed by atoms with van der Waals surface area (Å²) >= 11 is 0. The van der Waals surface area contributed by atoms with Crippen LogP contribution in [0.4, 0.5) is 0 Å². The van der Waals surface area contributed by atoms with Crippen molar-refractivity contribution >= 4 is 12.3 Å². The van der Waals surface area contributed by atoms with Crippen LogP contribution in [0, 0.1) is 5.41 Å². The van der Waals surface area contributed by atoms with Crippen LogP contribution in [0.2, 0.25) is 0 Å². The molecule has 0 saturated carbocycles. The minimum Gasteiger partial charge on any atom is -0.391 e. The average Bonchev–Trinajstić information content (AvgIpc) is 2.50. The number of aliphatic hydroxyl groups is 1. The minimum atomic E-state index is -0.302. The van der Waals surface area contributed by atoms with E-state index in [0.29, 0.717) is 13.0 Å². The average molecular weight is 230 g/mol. The van der Waals surface area contributed by atoms with Crippen molar-refractivity contribution in [3.8, 4) is 0 Å². The Morgan fingerprint density at radius 2 is 2.06 bits per heavy atom. The molecule has 0 aromatic rings. The maximum Gasteiger partial charge on any atom is 0.223 e. The quantitative estimate of drug-likeness (QED) is 0.627. The van der Waals surface area contributed by atoms with Crippen LogP contribution in [0.5, 0.6) is 0 Å². The Morgan fingerprint density at radius 3 is 2.38 bits per heavy atom. The van der Waals surface area contributed by atoms with Gasteiger partial charge in [0.25, 0.3) is 0 Å². The van der Waals surface area contributed by atoms with Crippen molar-refractivity contribution in [3.63, 3.8) is 0 Å². The van der Waals surface area contributed by atoms with Crippen molar-refractivity contribution in [2.24, 2.45) is 11.1 Å². The van der Waals surface area contributed by atoms with Gasteiger partial charge in [-0.3, -0.25) is 9.59 Å². The van der Waals surface area contributed by atoms with Crippen LogP contribution in [-0.2, 0) is 9.59 Å². The minimum absolute atomic E-state index is 0.0463. The standard InChI is InChI=1S/C10H19NO2.CH3NO/c1-10(2,3)6-9(13)11-5-4-8(12)7-11;2-1-3/h8,12H,4-7H2,1-3H3;1H,(H2,2,3). The lowest BCUT2D eigenvalue weighted by Gasteiger charge is -2.22. The molecule has 5 nitrogen and oxygen atoms in total. The van der Waals surface area contributed by atoms with Gasteiger partial charge in [-0.05, 0) is 11.8 Å². The van der Waals surface area contributed by atoms with Crippen LogP contribution in [0.3, 0.4) is 0 Å². The van der Waals surface area contributed by atoms with Crippen LogP contribution in [-0.4, -0.2) is 41.5 Å². The van der Waals surface area contributed by atoms with E-state index in [-0.39, 0.29) is 23.8 Å². The third-order valence-electron chi connectivity index (χ3n) is 2.20. The molecule has 0 aromatic heterocycles. The highest BCUT2D eigenvalue weighted by Crippen LogP contribution is 2.21. The van der Waals surface area contributed by atoms with Crippen LogP contribution < -0.4 is 5.73 Å². The molecule has 0 aliphatic carbocycles. The molecule has 1 saturated heterocycles. The molecule has 5 heteroatoms. The molecule has 1 heterocycles. The molecular weight excluding hydrogens is 208 g/mol. The first-order valence-corrected chi connectivity index (χ1v) is 5.41. The molecule has 94 valence electrons. The van der Waals surface area contributed by atoms with E-state index >= 15 is 0 Å². The van der Waals surface area contributed by atoms with E-state index in [1.165, 1.54) is 0 Å². The maximum absolute atomic E-state index is 11.6. The Kier molecular flexibility index (Phi) is 6.03. The number of β-amino-alcohol motifs (C(OH)–C–C–N with tert-alkyl or cyclic N) is 1. The Bertz CT molecular complexity index is 236. The monoisotopic (exact) mass is 230 g/mol. The van der Waals surface area contributed by atoms with E-state index in [2.05, 4.69) is 26.5 Å². The summed E-state index contributed by atoms with van der Waals surface area (Å²) in [6.07, 6.45) is 1.25. The van der Waals surface area contributed by atoms with E-state index in [9.17, 15) is 9.90 Å². The molecule has 1 fully saturated rings. The van der Waals surface area contributed by atoms with Gasteiger partial charge < -0.3 is 15.7 Å². The predicted octanol–water partition coefficient (Wildman–Crippen LogP) is 0.117. The first kappa shape index (κ1) is 14.9. The van der Waals surface area contributed by atoms with Gasteiger partial charge >= 0.3 is 0 Å². The molecule has 1 unspecified atom stereocenters. The summed E-state index contributed by atoms with van der Waals surface area (Å²) < 4.78 is 0. The van der Waals surface area contributed by atoms with Gasteiger partial charge in [-0.25, -0.2) is 0 Å². The lowest BCUT2D eigenvalue weighted by molar-refractivity contribution is -0.132. The fourth-order valence-corrected chi connectivity index (χ4v) is 1.53. The molecule has 1 aliphatic heterocycles. The van der Waals surface area contributed by atoms with Crippen molar-refractivity contribution in [1.29, 1.82) is 0 Å². The normalized spacial score (nSPS) is 20.0. The van der Waals surface area contributed by atoms with Gasteiger partial charge in [0, 0.05) is 19.5 Å². The second kappa shape index (κ2) is 6.48. The summed E-state index contributed by atoms with van der Waals surface area (Å²) in [6, 6.07) is 0. The smallest absolute Gasteiger partial charge is 0.223 e. The highest BCUT2D eigenvalue weighted by molar-refractivity contribution is 5.77. The third kappa shape index (κ3) is 6.40. The van der Waals surface area contributed by atoms with Gasteiger partial charge in [0.05, 0.1) is 6.10 Å². The summed E-state index contributed by atoms with van der Waals surface area (Å²) in [6.45, 7) is 7.40. The number of amides is 2. The number of primary amides is 1. The van der Waals surface area contributed by atoms with Crippen molar-refractivity contribution in [3.05, 3.63) is 0 Å². The molecule has 0 bridgehead atoms. The molecule has 16 heavy (non-hydrogen) atoms. The van der Waals surface area contributed by atoms with Gasteiger partial charge in [0.15, 0.2) is 0 Å². The summed E-state index contributed by atoms with van der Waals surface area (Å²) in [4.78, 5) is 22.0. The number of nitrogens with zero attached hydrogens (tertiary/aromatic N) is 1. The molecule has 0 aromatic carbocycles. The fourth-order valence-electron chi connectivity index (χ4n) is 1.53. The number of nitrogens with two attached hydrogens (primary N) is 1. The number of hydrogen-bond donors (Lipinski definition) is 2. The van der Waals surface area contributed by atoms with Gasteiger partial charge in [-0.2, -0.15) is 0 Å². The summed E-state index contributed by atoms with van der Waals surface area (Å²) in [7, 11) is 0. The number of carbonyl (C=O) groups is 2. The summed E-state index contributed by atoms with van der Waals surface area (Å²) in [5.41, 5.74) is 4.21. The van der Waals surface area contributed by atoms with E-state index in [1.807, 2.05) is 0 Å². The molecule has 1 aliphatic rings. The predicted molar refractivity (Wildman–Crippen MR) is 61.5 cm³/mol. The molecule has 1 atom stereocenters. The molecular formula is C11H22N2O3. The third-order valence-corrected chi connectivity index (χ3v) is 2.20. The van der Waals surface area contributed by atoms with Gasteiger partial charge in [-0.1, -0.05) is 20.8 Å². The number of likely N-dealkylation sites (tertiary alicyclic amines) is 1. The van der Waals surface area contributed by atoms with Gasteiger partial charge in [0.1, 0.15) is 0 Å². The summed E-state index contributed by atoms with van der Waals surface area (Å²) in [5, 5.41) is 9.25. The first-order chi connectivity index (χ1) is 7.30. The van der Waals surface area contributed by atoms with Gasteiger partial charge in [-0.15, -0.1) is 0 Å². The zero-order valence-corrected chi connectivity index (χ0v) is 10.3. The molecule has 1 rings (SSSR count). The van der Waals surface area contributed by atoms with Crippen molar-refractivity contribution in [1.82, 2.24) is 4.90 Å². The van der Waals surface area contributed by atoms with Crippen molar-refractivity contribution in [2.45, 2.75) is 39.7 Å². The SMILES string of the molecule is CC(C)(C)CC(=O)N1CCC(O)C1.NC=O. The lowest BCUT2D eigenvalue weighted by Crippen LogP contribution is -2.32. The molecule has 3 N–H and O–H groups in total. The molecule has 0 radical (unpaired) electrons. The Labute approximate surface area is 96.6 Å². The Morgan fingerprint density at radius 1 is 1.56 bits per heavy atom. The molecule has 0 spiro atoms. The van der Waals surface area contributed by atoms with Crippen LogP contribution in [0.25, 0.3) is 0 Å². The largest absolute Gasteiger partial charge is 0.391 e. The Hall–Kier alpha value is -1.10. The summed E-state index contributed by atoms with van der Waals surface area (Å²) in [5.74, 6) is 0.170. The van der Waals surface area contributed by atoms with Crippen LogP contribution >= 0.6 is 0 Å².